The van der Waals surface area contributed by atoms with Crippen molar-refractivity contribution in [3.8, 4) is 0 Å². The minimum Gasteiger partial charge on any atom is -0.382 e. The zero-order valence-electron chi connectivity index (χ0n) is 16.8. The van der Waals surface area contributed by atoms with Gasteiger partial charge in [0.25, 0.3) is 0 Å². The summed E-state index contributed by atoms with van der Waals surface area (Å²) >= 11 is 2.40. The molecule has 1 aliphatic rings. The number of hydrogen-bond acceptors (Lipinski definition) is 5. The Morgan fingerprint density at radius 2 is 1.97 bits per heavy atom. The number of anilines is 1. The third kappa shape index (κ3) is 4.37. The molecule has 3 aromatic rings. The Bertz CT molecular complexity index is 1050. The molecule has 0 saturated heterocycles. The molecule has 154 valence electrons. The molecule has 4 rings (SSSR count). The normalized spacial score (nSPS) is 13.6. The van der Waals surface area contributed by atoms with Crippen LogP contribution in [0.4, 0.5) is 10.2 Å². The second-order valence-corrected chi connectivity index (χ2v) is 9.10. The van der Waals surface area contributed by atoms with Gasteiger partial charge in [0, 0.05) is 22.6 Å². The molecule has 0 bridgehead atoms. The third-order valence-electron chi connectivity index (χ3n) is 5.39. The first-order valence-electron chi connectivity index (χ1n) is 10.1. The van der Waals surface area contributed by atoms with Crippen LogP contribution in [-0.2, 0) is 25.8 Å². The van der Waals surface area contributed by atoms with Crippen molar-refractivity contribution >= 4 is 39.6 Å². The molecule has 0 saturated carbocycles. The van der Waals surface area contributed by atoms with Crippen molar-refractivity contribution < 1.29 is 4.39 Å². The SMILES string of the molecule is CC(C)NCCCn1c(Cc2cc3c(cc2I)CCC3)nc2c(N)nc(F)nc21. The fraction of sp³-hybridized carbons (Fsp3) is 0.476. The lowest BCUT2D eigenvalue weighted by Crippen LogP contribution is -2.24. The number of halogens is 2. The van der Waals surface area contributed by atoms with Crippen LogP contribution in [0.2, 0.25) is 0 Å². The summed E-state index contributed by atoms with van der Waals surface area (Å²) in [6.45, 7) is 5.81. The van der Waals surface area contributed by atoms with Crippen molar-refractivity contribution in [2.45, 2.75) is 58.5 Å². The predicted molar refractivity (Wildman–Crippen MR) is 121 cm³/mol. The lowest BCUT2D eigenvalue weighted by Gasteiger charge is -2.12. The van der Waals surface area contributed by atoms with E-state index in [0.717, 1.165) is 25.2 Å². The lowest BCUT2D eigenvalue weighted by atomic mass is 10.0. The van der Waals surface area contributed by atoms with Crippen LogP contribution >= 0.6 is 22.6 Å². The molecule has 29 heavy (non-hydrogen) atoms. The average Bonchev–Trinajstić information content (AvgIpc) is 3.23. The molecule has 1 aliphatic carbocycles. The van der Waals surface area contributed by atoms with Gasteiger partial charge in [-0.25, -0.2) is 4.98 Å². The number of hydrogen-bond donors (Lipinski definition) is 2. The number of benzene rings is 1. The van der Waals surface area contributed by atoms with Crippen LogP contribution in [0.3, 0.4) is 0 Å². The number of aryl methyl sites for hydroxylation is 3. The molecule has 1 aromatic carbocycles. The number of imidazole rings is 1. The molecule has 0 radical (unpaired) electrons. The van der Waals surface area contributed by atoms with Crippen molar-refractivity contribution in [2.24, 2.45) is 0 Å². The van der Waals surface area contributed by atoms with Gasteiger partial charge in [-0.2, -0.15) is 14.4 Å². The molecule has 3 N–H and O–H groups in total. The first-order chi connectivity index (χ1) is 13.9. The highest BCUT2D eigenvalue weighted by Gasteiger charge is 2.19. The molecular formula is C21H26FIN6. The molecule has 0 unspecified atom stereocenters. The van der Waals surface area contributed by atoms with Crippen LogP contribution < -0.4 is 11.1 Å². The molecule has 2 heterocycles. The second-order valence-electron chi connectivity index (χ2n) is 7.93. The van der Waals surface area contributed by atoms with E-state index in [1.54, 1.807) is 0 Å². The maximum atomic E-state index is 13.9. The van der Waals surface area contributed by atoms with E-state index in [4.69, 9.17) is 10.7 Å². The summed E-state index contributed by atoms with van der Waals surface area (Å²) in [6, 6.07) is 5.03. The fourth-order valence-corrected chi connectivity index (χ4v) is 4.71. The fourth-order valence-electron chi connectivity index (χ4n) is 3.99. The highest BCUT2D eigenvalue weighted by Crippen LogP contribution is 2.29. The molecule has 2 aromatic heterocycles. The Labute approximate surface area is 183 Å². The van der Waals surface area contributed by atoms with Crippen molar-refractivity contribution in [3.63, 3.8) is 0 Å². The highest BCUT2D eigenvalue weighted by atomic mass is 127. The number of fused-ring (bicyclic) bond motifs is 2. The summed E-state index contributed by atoms with van der Waals surface area (Å²) in [4.78, 5) is 12.4. The van der Waals surface area contributed by atoms with Gasteiger partial charge in [-0.05, 0) is 77.6 Å². The van der Waals surface area contributed by atoms with Crippen LogP contribution in [0.1, 0.15) is 49.2 Å². The molecule has 0 amide bonds. The maximum Gasteiger partial charge on any atom is 0.312 e. The van der Waals surface area contributed by atoms with Crippen molar-refractivity contribution in [1.29, 1.82) is 0 Å². The van der Waals surface area contributed by atoms with E-state index in [2.05, 4.69) is 63.9 Å². The average molecular weight is 508 g/mol. The monoisotopic (exact) mass is 508 g/mol. The highest BCUT2D eigenvalue weighted by molar-refractivity contribution is 14.1. The second kappa shape index (κ2) is 8.51. The largest absolute Gasteiger partial charge is 0.382 e. The van der Waals surface area contributed by atoms with E-state index in [9.17, 15) is 4.39 Å². The lowest BCUT2D eigenvalue weighted by molar-refractivity contribution is 0.525. The van der Waals surface area contributed by atoms with Crippen LogP contribution in [0.5, 0.6) is 0 Å². The van der Waals surface area contributed by atoms with Crippen LogP contribution in [0.25, 0.3) is 11.2 Å². The molecule has 0 fully saturated rings. The maximum absolute atomic E-state index is 13.9. The Hall–Kier alpha value is -1.81. The van der Waals surface area contributed by atoms with Gasteiger partial charge < -0.3 is 15.6 Å². The van der Waals surface area contributed by atoms with Crippen LogP contribution in [-0.4, -0.2) is 32.1 Å². The summed E-state index contributed by atoms with van der Waals surface area (Å²) in [5.74, 6) is 0.948. The van der Waals surface area contributed by atoms with Gasteiger partial charge in [-0.15, -0.1) is 0 Å². The van der Waals surface area contributed by atoms with Gasteiger partial charge in [0.05, 0.1) is 0 Å². The van der Waals surface area contributed by atoms with E-state index < -0.39 is 6.08 Å². The van der Waals surface area contributed by atoms with Crippen LogP contribution in [0.15, 0.2) is 12.1 Å². The summed E-state index contributed by atoms with van der Waals surface area (Å²) in [7, 11) is 0. The Morgan fingerprint density at radius 1 is 1.21 bits per heavy atom. The first kappa shape index (κ1) is 20.5. The van der Waals surface area contributed by atoms with E-state index >= 15 is 0 Å². The van der Waals surface area contributed by atoms with Crippen LogP contribution in [0, 0.1) is 9.65 Å². The number of nitrogens with two attached hydrogens (primary N) is 1. The Balaban J connectivity index is 1.69. The topological polar surface area (TPSA) is 81.7 Å². The molecule has 6 nitrogen and oxygen atoms in total. The van der Waals surface area contributed by atoms with Crippen molar-refractivity contribution in [2.75, 3.05) is 12.3 Å². The number of nitrogens with one attached hydrogen (secondary N) is 1. The van der Waals surface area contributed by atoms with Gasteiger partial charge in [-0.3, -0.25) is 0 Å². The number of aromatic nitrogens is 4. The van der Waals surface area contributed by atoms with Gasteiger partial charge in [0.2, 0.25) is 0 Å². The Kier molecular flexibility index (Phi) is 6.00. The molecule has 0 spiro atoms. The quantitative estimate of drug-likeness (QED) is 0.290. The third-order valence-corrected chi connectivity index (χ3v) is 6.40. The summed E-state index contributed by atoms with van der Waals surface area (Å²) < 4.78 is 17.1. The molecular weight excluding hydrogens is 482 g/mol. The molecule has 0 aliphatic heterocycles. The van der Waals surface area contributed by atoms with E-state index in [1.165, 1.54) is 33.1 Å². The molecule has 0 atom stereocenters. The first-order valence-corrected chi connectivity index (χ1v) is 11.2. The predicted octanol–water partition coefficient (Wildman–Crippen LogP) is 3.62. The number of nitrogen functional groups attached to an aromatic ring is 1. The molecule has 8 heteroatoms. The van der Waals surface area contributed by atoms with E-state index in [-0.39, 0.29) is 5.82 Å². The van der Waals surface area contributed by atoms with E-state index in [1.807, 2.05) is 4.57 Å². The van der Waals surface area contributed by atoms with Gasteiger partial charge >= 0.3 is 6.08 Å². The van der Waals surface area contributed by atoms with E-state index in [0.29, 0.717) is 30.2 Å². The summed E-state index contributed by atoms with van der Waals surface area (Å²) in [5.41, 5.74) is 11.1. The minimum atomic E-state index is -0.810. The zero-order valence-corrected chi connectivity index (χ0v) is 19.0. The van der Waals surface area contributed by atoms with Crippen molar-refractivity contribution in [3.05, 3.63) is 44.3 Å². The van der Waals surface area contributed by atoms with Crippen molar-refractivity contribution in [1.82, 2.24) is 24.8 Å². The van der Waals surface area contributed by atoms with Gasteiger partial charge in [0.15, 0.2) is 17.0 Å². The number of nitrogens with zero attached hydrogens (tertiary/aromatic N) is 4. The number of rotatable bonds is 7. The summed E-state index contributed by atoms with van der Waals surface area (Å²) in [6.07, 6.45) is 4.28. The van der Waals surface area contributed by atoms with Gasteiger partial charge in [-0.1, -0.05) is 19.9 Å². The smallest absolute Gasteiger partial charge is 0.312 e. The Morgan fingerprint density at radius 3 is 2.72 bits per heavy atom. The zero-order chi connectivity index (χ0) is 20.5. The minimum absolute atomic E-state index is 0.0939. The van der Waals surface area contributed by atoms with Gasteiger partial charge in [0.1, 0.15) is 5.82 Å². The standard InChI is InChI=1S/C21H26FIN6/c1-12(2)25-7-4-8-29-17(26-18-19(24)27-21(22)28-20(18)29)11-15-9-13-5-3-6-14(13)10-16(15)23/h9-10,12,25H,3-8,11H2,1-2H3,(H2,24,27,28). The summed E-state index contributed by atoms with van der Waals surface area (Å²) in [5, 5.41) is 3.42.